The van der Waals surface area contributed by atoms with Gasteiger partial charge in [0.15, 0.2) is 0 Å². The molecule has 1 aliphatic rings. The fourth-order valence-electron chi connectivity index (χ4n) is 2.52. The zero-order chi connectivity index (χ0) is 19.1. The molecule has 4 nitrogen and oxygen atoms in total. The van der Waals surface area contributed by atoms with Gasteiger partial charge in [0.25, 0.3) is 0 Å². The summed E-state index contributed by atoms with van der Waals surface area (Å²) in [4.78, 5) is 26.4. The number of hydrogen-bond donors (Lipinski definition) is 1. The minimum absolute atomic E-state index is 0.0992. The number of amides is 2. The third-order valence-electron chi connectivity index (χ3n) is 3.78. The standard InChI is InChI=1S/C17H12ClF3N2O2S/c18-12-6-1-9(17(19,20)21)7-13(12)23-15(24)8-14(16(23)25)26-11-4-2-10(22)3-5-11/h1-7,14H,8,22H2. The van der Waals surface area contributed by atoms with Gasteiger partial charge in [-0.15, -0.1) is 11.8 Å². The lowest BCUT2D eigenvalue weighted by Gasteiger charge is -2.18. The summed E-state index contributed by atoms with van der Waals surface area (Å²) in [7, 11) is 0. The number of rotatable bonds is 3. The van der Waals surface area contributed by atoms with Crippen molar-refractivity contribution >= 4 is 46.6 Å². The summed E-state index contributed by atoms with van der Waals surface area (Å²) in [5.74, 6) is -1.19. The van der Waals surface area contributed by atoms with E-state index in [2.05, 4.69) is 0 Å². The summed E-state index contributed by atoms with van der Waals surface area (Å²) in [6.07, 6.45) is -4.73. The number of nitrogens with two attached hydrogens (primary N) is 1. The first-order valence-electron chi connectivity index (χ1n) is 7.42. The van der Waals surface area contributed by atoms with Gasteiger partial charge >= 0.3 is 6.18 Å². The zero-order valence-electron chi connectivity index (χ0n) is 13.1. The Morgan fingerprint density at radius 3 is 2.38 bits per heavy atom. The van der Waals surface area contributed by atoms with Crippen LogP contribution in [0.2, 0.25) is 5.02 Å². The molecule has 3 rings (SSSR count). The van der Waals surface area contributed by atoms with Gasteiger partial charge in [-0.05, 0) is 42.5 Å². The fourth-order valence-corrected chi connectivity index (χ4v) is 3.78. The molecule has 0 spiro atoms. The molecule has 2 aromatic carbocycles. The molecule has 1 fully saturated rings. The molecule has 2 N–H and O–H groups in total. The predicted octanol–water partition coefficient (Wildman–Crippen LogP) is 4.37. The van der Waals surface area contributed by atoms with E-state index in [-0.39, 0.29) is 17.1 Å². The summed E-state index contributed by atoms with van der Waals surface area (Å²) >= 11 is 7.10. The van der Waals surface area contributed by atoms with E-state index < -0.39 is 28.8 Å². The van der Waals surface area contributed by atoms with Crippen molar-refractivity contribution in [3.8, 4) is 0 Å². The molecule has 1 unspecified atom stereocenters. The summed E-state index contributed by atoms with van der Waals surface area (Å²) in [5.41, 5.74) is 4.93. The van der Waals surface area contributed by atoms with E-state index in [1.165, 1.54) is 0 Å². The molecule has 1 saturated heterocycles. The minimum atomic E-state index is -4.61. The first-order chi connectivity index (χ1) is 12.2. The molecule has 0 radical (unpaired) electrons. The Balaban J connectivity index is 1.88. The second-order valence-electron chi connectivity index (χ2n) is 5.61. The maximum absolute atomic E-state index is 12.9. The van der Waals surface area contributed by atoms with Gasteiger partial charge in [-0.25, -0.2) is 4.90 Å². The Labute approximate surface area is 156 Å². The third-order valence-corrected chi connectivity index (χ3v) is 5.29. The maximum atomic E-state index is 12.9. The molecule has 0 aliphatic carbocycles. The number of carbonyl (C=O) groups excluding carboxylic acids is 2. The number of imide groups is 1. The molecule has 26 heavy (non-hydrogen) atoms. The number of alkyl halides is 3. The van der Waals surface area contributed by atoms with Crippen LogP contribution in [0.15, 0.2) is 47.4 Å². The molecule has 9 heteroatoms. The Morgan fingerprint density at radius 1 is 1.12 bits per heavy atom. The average molecular weight is 401 g/mol. The zero-order valence-corrected chi connectivity index (χ0v) is 14.7. The van der Waals surface area contributed by atoms with Gasteiger partial charge < -0.3 is 5.73 Å². The van der Waals surface area contributed by atoms with Gasteiger partial charge in [-0.1, -0.05) is 11.6 Å². The first kappa shape index (κ1) is 18.6. The number of hydrogen-bond acceptors (Lipinski definition) is 4. The number of carbonyl (C=O) groups is 2. The smallest absolute Gasteiger partial charge is 0.399 e. The van der Waals surface area contributed by atoms with Crippen LogP contribution in [-0.4, -0.2) is 17.1 Å². The largest absolute Gasteiger partial charge is 0.416 e. The highest BCUT2D eigenvalue weighted by molar-refractivity contribution is 8.00. The van der Waals surface area contributed by atoms with Crippen molar-refractivity contribution in [3.63, 3.8) is 0 Å². The summed E-state index contributed by atoms with van der Waals surface area (Å²) in [5, 5.41) is -0.838. The lowest BCUT2D eigenvalue weighted by atomic mass is 10.2. The van der Waals surface area contributed by atoms with E-state index in [1.807, 2.05) is 0 Å². The molecule has 0 aromatic heterocycles. The SMILES string of the molecule is Nc1ccc(SC2CC(=O)N(c3cc(C(F)(F)F)ccc3Cl)C2=O)cc1. The molecule has 136 valence electrons. The fraction of sp³-hybridized carbons (Fsp3) is 0.176. The molecular formula is C17H12ClF3N2O2S. The van der Waals surface area contributed by atoms with E-state index in [0.29, 0.717) is 11.8 Å². The second kappa shape index (κ2) is 6.85. The van der Waals surface area contributed by atoms with E-state index in [1.54, 1.807) is 24.3 Å². The van der Waals surface area contributed by atoms with Gasteiger partial charge in [-0.2, -0.15) is 13.2 Å². The van der Waals surface area contributed by atoms with Crippen LogP contribution in [0.5, 0.6) is 0 Å². The highest BCUT2D eigenvalue weighted by Crippen LogP contribution is 2.39. The molecule has 1 heterocycles. The molecule has 2 aromatic rings. The van der Waals surface area contributed by atoms with Gasteiger partial charge in [0.2, 0.25) is 11.8 Å². The number of nitrogens with zero attached hydrogens (tertiary/aromatic N) is 1. The van der Waals surface area contributed by atoms with Gasteiger partial charge in [-0.3, -0.25) is 9.59 Å². The third kappa shape index (κ3) is 3.66. The molecular weight excluding hydrogens is 389 g/mol. The Kier molecular flexibility index (Phi) is 4.90. The van der Waals surface area contributed by atoms with Gasteiger partial charge in [0, 0.05) is 17.0 Å². The van der Waals surface area contributed by atoms with Crippen LogP contribution in [-0.2, 0) is 15.8 Å². The topological polar surface area (TPSA) is 63.4 Å². The highest BCUT2D eigenvalue weighted by atomic mass is 35.5. The first-order valence-corrected chi connectivity index (χ1v) is 8.68. The number of halogens is 4. The van der Waals surface area contributed by atoms with Crippen LogP contribution in [0, 0.1) is 0 Å². The number of benzene rings is 2. The summed E-state index contributed by atoms with van der Waals surface area (Å²) < 4.78 is 38.8. The van der Waals surface area contributed by atoms with Crippen LogP contribution >= 0.6 is 23.4 Å². The van der Waals surface area contributed by atoms with E-state index >= 15 is 0 Å². The van der Waals surface area contributed by atoms with Gasteiger partial charge in [0.1, 0.15) is 0 Å². The number of anilines is 2. The van der Waals surface area contributed by atoms with Crippen molar-refractivity contribution < 1.29 is 22.8 Å². The Hall–Kier alpha value is -2.19. The number of thioether (sulfide) groups is 1. The van der Waals surface area contributed by atoms with Crippen molar-refractivity contribution in [3.05, 3.63) is 53.1 Å². The van der Waals surface area contributed by atoms with Crippen LogP contribution in [0.25, 0.3) is 0 Å². The molecule has 0 saturated carbocycles. The quantitative estimate of drug-likeness (QED) is 0.614. The van der Waals surface area contributed by atoms with Crippen molar-refractivity contribution in [1.29, 1.82) is 0 Å². The lowest BCUT2D eigenvalue weighted by Crippen LogP contribution is -2.31. The van der Waals surface area contributed by atoms with Gasteiger partial charge in [0.05, 0.1) is 21.5 Å². The number of nitrogen functional groups attached to an aromatic ring is 1. The normalized spacial score (nSPS) is 17.8. The molecule has 0 bridgehead atoms. The van der Waals surface area contributed by atoms with E-state index in [0.717, 1.165) is 33.7 Å². The average Bonchev–Trinajstić information content (AvgIpc) is 2.83. The van der Waals surface area contributed by atoms with Crippen LogP contribution in [0.1, 0.15) is 12.0 Å². The van der Waals surface area contributed by atoms with Crippen LogP contribution in [0.4, 0.5) is 24.5 Å². The molecule has 1 aliphatic heterocycles. The Bertz CT molecular complexity index is 871. The van der Waals surface area contributed by atoms with Crippen LogP contribution in [0.3, 0.4) is 0 Å². The maximum Gasteiger partial charge on any atom is 0.416 e. The van der Waals surface area contributed by atoms with E-state index in [4.69, 9.17) is 17.3 Å². The van der Waals surface area contributed by atoms with Crippen molar-refractivity contribution in [2.24, 2.45) is 0 Å². The molecule has 1 atom stereocenters. The van der Waals surface area contributed by atoms with Crippen molar-refractivity contribution in [1.82, 2.24) is 0 Å². The second-order valence-corrected chi connectivity index (χ2v) is 7.29. The summed E-state index contributed by atoms with van der Waals surface area (Å²) in [6, 6.07) is 9.28. The predicted molar refractivity (Wildman–Crippen MR) is 94.1 cm³/mol. The Morgan fingerprint density at radius 2 is 1.77 bits per heavy atom. The lowest BCUT2D eigenvalue weighted by molar-refractivity contribution is -0.137. The van der Waals surface area contributed by atoms with Crippen molar-refractivity contribution in [2.45, 2.75) is 22.7 Å². The van der Waals surface area contributed by atoms with Crippen molar-refractivity contribution in [2.75, 3.05) is 10.6 Å². The molecule has 2 amide bonds. The minimum Gasteiger partial charge on any atom is -0.399 e. The monoisotopic (exact) mass is 400 g/mol. The van der Waals surface area contributed by atoms with Crippen LogP contribution < -0.4 is 10.6 Å². The van der Waals surface area contributed by atoms with E-state index in [9.17, 15) is 22.8 Å². The summed E-state index contributed by atoms with van der Waals surface area (Å²) in [6.45, 7) is 0. The highest BCUT2D eigenvalue weighted by Gasteiger charge is 2.42.